The Balaban J connectivity index is 2.14. The van der Waals surface area contributed by atoms with Crippen LogP contribution in [0.4, 0.5) is 0 Å². The molecule has 2 rings (SSSR count). The molecule has 0 saturated heterocycles. The first-order chi connectivity index (χ1) is 11.8. The molecule has 0 aliphatic carbocycles. The molecule has 0 aromatic heterocycles. The molecule has 24 heavy (non-hydrogen) atoms. The molecule has 0 atom stereocenters. The van der Waals surface area contributed by atoms with Gasteiger partial charge in [-0.1, -0.05) is 30.4 Å². The van der Waals surface area contributed by atoms with Crippen molar-refractivity contribution >= 4 is 12.2 Å². The lowest BCUT2D eigenvalue weighted by Gasteiger charge is -2.12. The van der Waals surface area contributed by atoms with Crippen LogP contribution in [-0.4, -0.2) is 34.9 Å². The molecule has 128 valence electrons. The fraction of sp³-hybridized carbons (Fsp3) is 0.263. The Labute approximate surface area is 142 Å². The molecule has 0 spiro atoms. The molecule has 0 saturated carbocycles. The van der Waals surface area contributed by atoms with Crippen LogP contribution in [0.3, 0.4) is 0 Å². The smallest absolute Gasteiger partial charge is 0.188 e. The summed E-state index contributed by atoms with van der Waals surface area (Å²) < 4.78 is 26.1. The van der Waals surface area contributed by atoms with Gasteiger partial charge in [-0.2, -0.15) is 0 Å². The lowest BCUT2D eigenvalue weighted by Crippen LogP contribution is -2.04. The highest BCUT2D eigenvalue weighted by Gasteiger charge is 2.06. The molecular weight excluding hydrogens is 308 g/mol. The predicted molar refractivity (Wildman–Crippen MR) is 93.4 cm³/mol. The van der Waals surface area contributed by atoms with Crippen LogP contribution >= 0.6 is 0 Å². The lowest BCUT2D eigenvalue weighted by molar-refractivity contribution is 0.0322. The molecule has 2 aromatic rings. The monoisotopic (exact) mass is 330 g/mol. The van der Waals surface area contributed by atoms with Crippen molar-refractivity contribution in [3.63, 3.8) is 0 Å². The van der Waals surface area contributed by atoms with Gasteiger partial charge in [0.1, 0.15) is 5.75 Å². The highest BCUT2D eigenvalue weighted by molar-refractivity contribution is 5.71. The van der Waals surface area contributed by atoms with Crippen molar-refractivity contribution in [2.45, 2.75) is 0 Å². The number of hydrogen-bond acceptors (Lipinski definition) is 5. The van der Waals surface area contributed by atoms with Crippen molar-refractivity contribution in [1.29, 1.82) is 0 Å². The molecule has 0 aliphatic rings. The van der Waals surface area contributed by atoms with E-state index in [-0.39, 0.29) is 13.6 Å². The maximum atomic E-state index is 5.55. The summed E-state index contributed by atoms with van der Waals surface area (Å²) in [5, 5.41) is 0. The van der Waals surface area contributed by atoms with E-state index in [4.69, 9.17) is 23.7 Å². The highest BCUT2D eigenvalue weighted by Crippen LogP contribution is 2.29. The van der Waals surface area contributed by atoms with Crippen molar-refractivity contribution in [2.24, 2.45) is 0 Å². The summed E-state index contributed by atoms with van der Waals surface area (Å²) in [6.45, 7) is 0.305. The zero-order valence-corrected chi connectivity index (χ0v) is 14.2. The standard InChI is InChI=1S/C19H22O5/c1-20-13-23-18-11-8-16(12-19(18)24-14-21-2)5-4-15-6-9-17(22-3)10-7-15/h4-12H,13-14H2,1-3H3/b5-4+. The molecular formula is C19H22O5. The topological polar surface area (TPSA) is 46.2 Å². The Hall–Kier alpha value is -2.50. The van der Waals surface area contributed by atoms with E-state index >= 15 is 0 Å². The van der Waals surface area contributed by atoms with E-state index in [0.717, 1.165) is 16.9 Å². The summed E-state index contributed by atoms with van der Waals surface area (Å²) in [6, 6.07) is 13.5. The molecule has 0 N–H and O–H groups in total. The van der Waals surface area contributed by atoms with Crippen molar-refractivity contribution in [1.82, 2.24) is 0 Å². The van der Waals surface area contributed by atoms with Crippen molar-refractivity contribution in [3.8, 4) is 17.2 Å². The van der Waals surface area contributed by atoms with Crippen LogP contribution in [0.15, 0.2) is 42.5 Å². The number of ether oxygens (including phenoxy) is 5. The third kappa shape index (κ3) is 5.30. The van der Waals surface area contributed by atoms with Gasteiger partial charge in [0, 0.05) is 14.2 Å². The van der Waals surface area contributed by atoms with E-state index in [1.807, 2.05) is 54.6 Å². The molecule has 0 unspecified atom stereocenters. The zero-order valence-electron chi connectivity index (χ0n) is 14.2. The van der Waals surface area contributed by atoms with Gasteiger partial charge < -0.3 is 23.7 Å². The van der Waals surface area contributed by atoms with Gasteiger partial charge >= 0.3 is 0 Å². The van der Waals surface area contributed by atoms with Gasteiger partial charge in [-0.15, -0.1) is 0 Å². The summed E-state index contributed by atoms with van der Waals surface area (Å²) in [4.78, 5) is 0. The van der Waals surface area contributed by atoms with Crippen LogP contribution in [0, 0.1) is 0 Å². The second kappa shape index (κ2) is 9.60. The van der Waals surface area contributed by atoms with E-state index in [9.17, 15) is 0 Å². The van der Waals surface area contributed by atoms with Gasteiger partial charge in [0.15, 0.2) is 25.1 Å². The Morgan fingerprint density at radius 2 is 1.29 bits per heavy atom. The summed E-state index contributed by atoms with van der Waals surface area (Å²) in [7, 11) is 4.80. The minimum atomic E-state index is 0.148. The van der Waals surface area contributed by atoms with Gasteiger partial charge in [0.05, 0.1) is 7.11 Å². The summed E-state index contributed by atoms with van der Waals surface area (Å²) in [5.41, 5.74) is 2.07. The van der Waals surface area contributed by atoms with Crippen LogP contribution in [0.1, 0.15) is 11.1 Å². The summed E-state index contributed by atoms with van der Waals surface area (Å²) in [6.07, 6.45) is 4.02. The molecule has 0 fully saturated rings. The van der Waals surface area contributed by atoms with Gasteiger partial charge in [-0.3, -0.25) is 0 Å². The predicted octanol–water partition coefficient (Wildman–Crippen LogP) is 3.83. The van der Waals surface area contributed by atoms with Crippen molar-refractivity contribution < 1.29 is 23.7 Å². The van der Waals surface area contributed by atoms with Gasteiger partial charge in [-0.05, 0) is 35.4 Å². The highest BCUT2D eigenvalue weighted by atomic mass is 16.7. The SMILES string of the molecule is COCOc1ccc(/C=C/c2ccc(OC)cc2)cc1OCOC. The van der Waals surface area contributed by atoms with E-state index in [1.54, 1.807) is 21.3 Å². The van der Waals surface area contributed by atoms with Gasteiger partial charge in [0.25, 0.3) is 0 Å². The molecule has 0 amide bonds. The minimum Gasteiger partial charge on any atom is -0.497 e. The van der Waals surface area contributed by atoms with Crippen LogP contribution < -0.4 is 14.2 Å². The Morgan fingerprint density at radius 3 is 1.92 bits per heavy atom. The second-order valence-corrected chi connectivity index (χ2v) is 4.91. The fourth-order valence-corrected chi connectivity index (χ4v) is 2.01. The number of methoxy groups -OCH3 is 3. The van der Waals surface area contributed by atoms with E-state index < -0.39 is 0 Å². The Kier molecular flexibility index (Phi) is 7.14. The van der Waals surface area contributed by atoms with E-state index in [2.05, 4.69) is 0 Å². The van der Waals surface area contributed by atoms with Crippen molar-refractivity contribution in [3.05, 3.63) is 53.6 Å². The third-order valence-electron chi connectivity index (χ3n) is 3.22. The second-order valence-electron chi connectivity index (χ2n) is 4.91. The lowest BCUT2D eigenvalue weighted by atomic mass is 10.1. The fourth-order valence-electron chi connectivity index (χ4n) is 2.01. The quantitative estimate of drug-likeness (QED) is 0.516. The molecule has 0 bridgehead atoms. The number of benzene rings is 2. The van der Waals surface area contributed by atoms with Crippen LogP contribution in [-0.2, 0) is 9.47 Å². The first kappa shape index (κ1) is 17.8. The third-order valence-corrected chi connectivity index (χ3v) is 3.22. The maximum Gasteiger partial charge on any atom is 0.188 e. The van der Waals surface area contributed by atoms with Gasteiger partial charge in [0.2, 0.25) is 0 Å². The van der Waals surface area contributed by atoms with Crippen LogP contribution in [0.2, 0.25) is 0 Å². The molecule has 2 aromatic carbocycles. The molecule has 0 heterocycles. The molecule has 0 radical (unpaired) electrons. The number of hydrogen-bond donors (Lipinski definition) is 0. The van der Waals surface area contributed by atoms with Crippen molar-refractivity contribution in [2.75, 3.05) is 34.9 Å². The first-order valence-electron chi connectivity index (χ1n) is 7.46. The minimum absolute atomic E-state index is 0.148. The molecule has 5 heteroatoms. The molecule has 5 nitrogen and oxygen atoms in total. The summed E-state index contributed by atoms with van der Waals surface area (Å²) >= 11 is 0. The number of rotatable bonds is 9. The average Bonchev–Trinajstić information content (AvgIpc) is 2.64. The van der Waals surface area contributed by atoms with E-state index in [0.29, 0.717) is 11.5 Å². The van der Waals surface area contributed by atoms with Crippen LogP contribution in [0.5, 0.6) is 17.2 Å². The normalized spacial score (nSPS) is 10.8. The zero-order chi connectivity index (χ0) is 17.2. The van der Waals surface area contributed by atoms with E-state index in [1.165, 1.54) is 0 Å². The molecule has 0 aliphatic heterocycles. The summed E-state index contributed by atoms with van der Waals surface area (Å²) in [5.74, 6) is 2.04. The first-order valence-corrected chi connectivity index (χ1v) is 7.46. The average molecular weight is 330 g/mol. The maximum absolute atomic E-state index is 5.55. The Morgan fingerprint density at radius 1 is 0.708 bits per heavy atom. The van der Waals surface area contributed by atoms with Gasteiger partial charge in [-0.25, -0.2) is 0 Å². The largest absolute Gasteiger partial charge is 0.497 e. The Bertz CT molecular complexity index is 649. The van der Waals surface area contributed by atoms with Crippen LogP contribution in [0.25, 0.3) is 12.2 Å².